The van der Waals surface area contributed by atoms with E-state index in [1.165, 1.54) is 4.88 Å². The second-order valence-corrected chi connectivity index (χ2v) is 6.33. The van der Waals surface area contributed by atoms with Gasteiger partial charge in [0.25, 0.3) is 0 Å². The summed E-state index contributed by atoms with van der Waals surface area (Å²) >= 11 is 5.18. The van der Waals surface area contributed by atoms with Crippen LogP contribution in [0.3, 0.4) is 0 Å². The van der Waals surface area contributed by atoms with Crippen LogP contribution in [0.25, 0.3) is 0 Å². The van der Waals surface area contributed by atoms with E-state index in [0.717, 1.165) is 16.6 Å². The van der Waals surface area contributed by atoms with Crippen LogP contribution in [-0.4, -0.2) is 21.4 Å². The fourth-order valence-electron chi connectivity index (χ4n) is 1.67. The summed E-state index contributed by atoms with van der Waals surface area (Å²) in [7, 11) is 1.84. The minimum absolute atomic E-state index is 0.489. The average Bonchev–Trinajstić information content (AvgIpc) is 2.89. The number of hydrogen-bond donors (Lipinski definition) is 2. The first-order valence-electron chi connectivity index (χ1n) is 5.63. The van der Waals surface area contributed by atoms with Crippen LogP contribution in [0.1, 0.15) is 17.4 Å². The van der Waals surface area contributed by atoms with Crippen molar-refractivity contribution < 1.29 is 5.11 Å². The molecule has 1 atom stereocenters. The normalized spacial score (nSPS) is 14.7. The van der Waals surface area contributed by atoms with Crippen molar-refractivity contribution in [3.8, 4) is 0 Å². The molecular weight excluding hydrogens is 314 g/mol. The van der Waals surface area contributed by atoms with Crippen molar-refractivity contribution in [3.05, 3.63) is 38.8 Å². The fourth-order valence-corrected chi connectivity index (χ4v) is 3.13. The molecule has 6 heteroatoms. The zero-order valence-corrected chi connectivity index (χ0v) is 12.8. The zero-order valence-electron chi connectivity index (χ0n) is 10.4. The Hall–Kier alpha value is -0.690. The van der Waals surface area contributed by atoms with Gasteiger partial charge >= 0.3 is 0 Å². The highest BCUT2D eigenvalue weighted by Crippen LogP contribution is 2.23. The summed E-state index contributed by atoms with van der Waals surface area (Å²) in [5.41, 5.74) is -0.0828. The number of halogens is 1. The second-order valence-electron chi connectivity index (χ2n) is 4.47. The molecule has 2 rings (SSSR count). The number of nitrogens with one attached hydrogen (secondary N) is 1. The number of hydrogen-bond acceptors (Lipinski definition) is 4. The monoisotopic (exact) mass is 329 g/mol. The fraction of sp³-hybridized carbons (Fsp3) is 0.417. The maximum absolute atomic E-state index is 10.4. The Bertz CT molecular complexity index is 521. The molecule has 2 heterocycles. The summed E-state index contributed by atoms with van der Waals surface area (Å²) in [6.07, 6.45) is 3.53. The molecule has 4 nitrogen and oxygen atoms in total. The van der Waals surface area contributed by atoms with Crippen LogP contribution in [-0.2, 0) is 19.2 Å². The van der Waals surface area contributed by atoms with Crippen LogP contribution in [0, 0.1) is 0 Å². The molecule has 2 aromatic heterocycles. The quantitative estimate of drug-likeness (QED) is 0.884. The van der Waals surface area contributed by atoms with Crippen molar-refractivity contribution in [2.24, 2.45) is 7.05 Å². The summed E-state index contributed by atoms with van der Waals surface area (Å²) in [6.45, 7) is 3.03. The van der Waals surface area contributed by atoms with Gasteiger partial charge in [-0.2, -0.15) is 5.10 Å². The van der Waals surface area contributed by atoms with Crippen LogP contribution in [0.2, 0.25) is 0 Å². The van der Waals surface area contributed by atoms with E-state index in [1.807, 2.05) is 24.7 Å². The van der Waals surface area contributed by atoms with E-state index in [0.29, 0.717) is 6.54 Å². The Morgan fingerprint density at radius 2 is 2.39 bits per heavy atom. The molecule has 0 amide bonds. The van der Waals surface area contributed by atoms with Crippen LogP contribution >= 0.6 is 27.3 Å². The number of rotatable bonds is 5. The van der Waals surface area contributed by atoms with Gasteiger partial charge in [-0.1, -0.05) is 0 Å². The lowest BCUT2D eigenvalue weighted by Gasteiger charge is -2.22. The number of aliphatic hydroxyl groups is 1. The summed E-state index contributed by atoms with van der Waals surface area (Å²) < 4.78 is 2.81. The number of nitrogens with zero attached hydrogens (tertiary/aromatic N) is 2. The first-order chi connectivity index (χ1) is 8.49. The molecule has 2 N–H and O–H groups in total. The predicted molar refractivity (Wildman–Crippen MR) is 76.5 cm³/mol. The van der Waals surface area contributed by atoms with Gasteiger partial charge in [-0.05, 0) is 34.3 Å². The first kappa shape index (κ1) is 13.7. The van der Waals surface area contributed by atoms with Crippen molar-refractivity contribution in [2.45, 2.75) is 19.1 Å². The second kappa shape index (κ2) is 5.52. The summed E-state index contributed by atoms with van der Waals surface area (Å²) in [5, 5.41) is 19.8. The molecular formula is C12H16BrN3OS. The number of aromatic nitrogens is 2. The highest BCUT2D eigenvalue weighted by atomic mass is 79.9. The van der Waals surface area contributed by atoms with Crippen LogP contribution in [0.4, 0.5) is 0 Å². The Labute approximate surface area is 119 Å². The maximum atomic E-state index is 10.4. The molecule has 0 aliphatic rings. The van der Waals surface area contributed by atoms with Crippen molar-refractivity contribution in [1.82, 2.24) is 15.1 Å². The minimum atomic E-state index is -0.905. The lowest BCUT2D eigenvalue weighted by Crippen LogP contribution is -2.34. The van der Waals surface area contributed by atoms with Crippen molar-refractivity contribution in [2.75, 3.05) is 6.54 Å². The molecule has 0 saturated carbocycles. The smallest absolute Gasteiger partial charge is 0.102 e. The van der Waals surface area contributed by atoms with E-state index < -0.39 is 5.60 Å². The van der Waals surface area contributed by atoms with Crippen molar-refractivity contribution in [1.29, 1.82) is 0 Å². The van der Waals surface area contributed by atoms with Gasteiger partial charge in [-0.15, -0.1) is 11.3 Å². The molecule has 0 aliphatic carbocycles. The van der Waals surface area contributed by atoms with E-state index >= 15 is 0 Å². The Morgan fingerprint density at radius 1 is 1.61 bits per heavy atom. The van der Waals surface area contributed by atoms with E-state index in [1.54, 1.807) is 29.1 Å². The zero-order chi connectivity index (χ0) is 13.2. The molecule has 0 bridgehead atoms. The van der Waals surface area contributed by atoms with Gasteiger partial charge < -0.3 is 10.4 Å². The third kappa shape index (κ3) is 3.20. The number of thiophene rings is 1. The van der Waals surface area contributed by atoms with E-state index in [9.17, 15) is 5.11 Å². The molecule has 0 radical (unpaired) electrons. The van der Waals surface area contributed by atoms with E-state index in [4.69, 9.17) is 0 Å². The SMILES string of the molecule is Cn1cc(C(C)(O)CNCc2sccc2Br)cn1. The topological polar surface area (TPSA) is 50.1 Å². The molecule has 0 aliphatic heterocycles. The highest BCUT2D eigenvalue weighted by molar-refractivity contribution is 9.10. The lowest BCUT2D eigenvalue weighted by atomic mass is 10.00. The van der Waals surface area contributed by atoms with Gasteiger partial charge in [0, 0.05) is 41.2 Å². The number of aryl methyl sites for hydroxylation is 1. The lowest BCUT2D eigenvalue weighted by molar-refractivity contribution is 0.0566. The maximum Gasteiger partial charge on any atom is 0.102 e. The third-order valence-corrected chi connectivity index (χ3v) is 4.70. The van der Waals surface area contributed by atoms with Gasteiger partial charge in [0.2, 0.25) is 0 Å². The summed E-state index contributed by atoms with van der Waals surface area (Å²) in [6, 6.07) is 2.03. The summed E-state index contributed by atoms with van der Waals surface area (Å²) in [5.74, 6) is 0. The van der Waals surface area contributed by atoms with Crippen LogP contribution in [0.5, 0.6) is 0 Å². The molecule has 98 valence electrons. The van der Waals surface area contributed by atoms with E-state index in [-0.39, 0.29) is 0 Å². The minimum Gasteiger partial charge on any atom is -0.384 e. The molecule has 2 aromatic rings. The van der Waals surface area contributed by atoms with Gasteiger partial charge in [0.15, 0.2) is 0 Å². The molecule has 0 aromatic carbocycles. The summed E-state index contributed by atoms with van der Waals surface area (Å²) in [4.78, 5) is 1.23. The molecule has 0 spiro atoms. The van der Waals surface area contributed by atoms with Gasteiger partial charge in [-0.25, -0.2) is 0 Å². The van der Waals surface area contributed by atoms with E-state index in [2.05, 4.69) is 26.3 Å². The molecule has 0 saturated heterocycles. The van der Waals surface area contributed by atoms with Crippen LogP contribution < -0.4 is 5.32 Å². The largest absolute Gasteiger partial charge is 0.384 e. The van der Waals surface area contributed by atoms with Crippen LogP contribution in [0.15, 0.2) is 28.3 Å². The Morgan fingerprint density at radius 3 is 2.94 bits per heavy atom. The van der Waals surface area contributed by atoms with Crippen molar-refractivity contribution in [3.63, 3.8) is 0 Å². The van der Waals surface area contributed by atoms with Crippen molar-refractivity contribution >= 4 is 27.3 Å². The van der Waals surface area contributed by atoms with Gasteiger partial charge in [0.05, 0.1) is 6.20 Å². The van der Waals surface area contributed by atoms with Gasteiger partial charge in [-0.3, -0.25) is 4.68 Å². The average molecular weight is 330 g/mol. The Balaban J connectivity index is 1.91. The third-order valence-electron chi connectivity index (χ3n) is 2.77. The standard InChI is InChI=1S/C12H16BrN3OS/c1-12(17,9-5-15-16(2)7-9)8-14-6-11-10(13)3-4-18-11/h3-5,7,14,17H,6,8H2,1-2H3. The Kier molecular flexibility index (Phi) is 4.21. The molecule has 18 heavy (non-hydrogen) atoms. The highest BCUT2D eigenvalue weighted by Gasteiger charge is 2.24. The predicted octanol–water partition coefficient (Wildman–Crippen LogP) is 2.24. The van der Waals surface area contributed by atoms with Gasteiger partial charge in [0.1, 0.15) is 5.60 Å². The molecule has 1 unspecified atom stereocenters. The first-order valence-corrected chi connectivity index (χ1v) is 7.30. The molecule has 0 fully saturated rings.